The number of tetrazole rings is 1. The van der Waals surface area contributed by atoms with Crippen LogP contribution in [0.1, 0.15) is 17.3 Å². The largest absolute Gasteiger partial charge is 0.494 e. The van der Waals surface area contributed by atoms with E-state index in [4.69, 9.17) is 4.74 Å². The van der Waals surface area contributed by atoms with E-state index in [0.717, 1.165) is 28.5 Å². The number of amides is 1. The van der Waals surface area contributed by atoms with Gasteiger partial charge < -0.3 is 14.5 Å². The van der Waals surface area contributed by atoms with Gasteiger partial charge in [-0.1, -0.05) is 6.07 Å². The van der Waals surface area contributed by atoms with E-state index in [1.807, 2.05) is 66.4 Å². The molecular weight excluding hydrogens is 432 g/mol. The smallest absolute Gasteiger partial charge is 0.254 e. The van der Waals surface area contributed by atoms with Crippen LogP contribution in [0.4, 0.5) is 5.82 Å². The zero-order chi connectivity index (χ0) is 23.3. The van der Waals surface area contributed by atoms with Gasteiger partial charge in [0, 0.05) is 37.3 Å². The van der Waals surface area contributed by atoms with E-state index in [1.54, 1.807) is 6.07 Å². The molecule has 1 aliphatic heterocycles. The fourth-order valence-electron chi connectivity index (χ4n) is 3.92. The molecule has 1 amide bonds. The molecule has 10 heteroatoms. The van der Waals surface area contributed by atoms with Gasteiger partial charge >= 0.3 is 0 Å². The Labute approximate surface area is 196 Å². The molecule has 1 aliphatic rings. The molecule has 0 unspecified atom stereocenters. The molecule has 0 atom stereocenters. The highest BCUT2D eigenvalue weighted by Gasteiger charge is 2.23. The first-order chi connectivity index (χ1) is 16.7. The number of rotatable bonds is 6. The van der Waals surface area contributed by atoms with Gasteiger partial charge in [0.25, 0.3) is 5.91 Å². The molecule has 4 aromatic rings. The van der Waals surface area contributed by atoms with Crippen LogP contribution in [0, 0.1) is 0 Å². The number of carbonyl (C=O) groups is 1. The van der Waals surface area contributed by atoms with Gasteiger partial charge in [-0.05, 0) is 71.9 Å². The predicted octanol–water partition coefficient (Wildman–Crippen LogP) is 2.48. The number of piperazine rings is 1. The number of aromatic nitrogens is 6. The summed E-state index contributed by atoms with van der Waals surface area (Å²) in [7, 11) is 0. The minimum Gasteiger partial charge on any atom is -0.494 e. The molecular formula is C24H24N8O2. The number of carbonyl (C=O) groups excluding carboxylic acids is 1. The lowest BCUT2D eigenvalue weighted by Gasteiger charge is -2.35. The number of ether oxygens (including phenoxy) is 1. The van der Waals surface area contributed by atoms with Crippen molar-refractivity contribution in [3.63, 3.8) is 0 Å². The summed E-state index contributed by atoms with van der Waals surface area (Å²) >= 11 is 0. The minimum atomic E-state index is -0.00786. The number of hydrogen-bond acceptors (Lipinski definition) is 8. The van der Waals surface area contributed by atoms with Gasteiger partial charge in [-0.3, -0.25) is 4.79 Å². The van der Waals surface area contributed by atoms with E-state index in [9.17, 15) is 4.79 Å². The Morgan fingerprint density at radius 2 is 1.79 bits per heavy atom. The second kappa shape index (κ2) is 9.65. The monoisotopic (exact) mass is 456 g/mol. The van der Waals surface area contributed by atoms with Gasteiger partial charge in [0.1, 0.15) is 12.1 Å². The lowest BCUT2D eigenvalue weighted by Crippen LogP contribution is -2.49. The fourth-order valence-corrected chi connectivity index (χ4v) is 3.92. The zero-order valence-corrected chi connectivity index (χ0v) is 18.8. The van der Waals surface area contributed by atoms with Gasteiger partial charge in [0.05, 0.1) is 18.0 Å². The molecule has 3 heterocycles. The van der Waals surface area contributed by atoms with E-state index < -0.39 is 0 Å². The standard InChI is InChI=1S/C24H24N8O2/c1-2-34-21-8-6-18(7-9-21)22-10-11-23(27-26-22)30-12-14-31(15-13-30)24(33)19-4-3-5-20(16-19)32-17-25-28-29-32/h3-11,16-17H,2,12-15H2,1H3. The molecule has 34 heavy (non-hydrogen) atoms. The summed E-state index contributed by atoms with van der Waals surface area (Å²) in [6, 6.07) is 19.1. The highest BCUT2D eigenvalue weighted by molar-refractivity contribution is 5.95. The molecule has 0 spiro atoms. The van der Waals surface area contributed by atoms with E-state index in [0.29, 0.717) is 38.3 Å². The van der Waals surface area contributed by atoms with Gasteiger partial charge in [0.15, 0.2) is 5.82 Å². The Hall–Kier alpha value is -4.34. The Morgan fingerprint density at radius 3 is 2.47 bits per heavy atom. The predicted molar refractivity (Wildman–Crippen MR) is 126 cm³/mol. The van der Waals surface area contributed by atoms with Crippen LogP contribution in [0.15, 0.2) is 67.0 Å². The molecule has 2 aromatic carbocycles. The molecule has 0 radical (unpaired) electrons. The van der Waals surface area contributed by atoms with Crippen LogP contribution in [-0.2, 0) is 0 Å². The summed E-state index contributed by atoms with van der Waals surface area (Å²) in [5.41, 5.74) is 3.16. The third-order valence-electron chi connectivity index (χ3n) is 5.71. The van der Waals surface area contributed by atoms with Crippen LogP contribution < -0.4 is 9.64 Å². The summed E-state index contributed by atoms with van der Waals surface area (Å²) in [5, 5.41) is 20.0. The normalized spacial score (nSPS) is 13.7. The lowest BCUT2D eigenvalue weighted by molar-refractivity contribution is 0.0746. The Bertz CT molecular complexity index is 1230. The third kappa shape index (κ3) is 4.56. The Kier molecular flexibility index (Phi) is 6.11. The first-order valence-corrected chi connectivity index (χ1v) is 11.2. The number of hydrogen-bond donors (Lipinski definition) is 0. The van der Waals surface area contributed by atoms with Crippen molar-refractivity contribution in [1.82, 2.24) is 35.3 Å². The second-order valence-electron chi connectivity index (χ2n) is 7.82. The van der Waals surface area contributed by atoms with Crippen molar-refractivity contribution in [2.75, 3.05) is 37.7 Å². The summed E-state index contributed by atoms with van der Waals surface area (Å²) in [4.78, 5) is 17.0. The quantitative estimate of drug-likeness (QED) is 0.436. The molecule has 172 valence electrons. The number of benzene rings is 2. The van der Waals surface area contributed by atoms with E-state index in [1.165, 1.54) is 11.0 Å². The second-order valence-corrected chi connectivity index (χ2v) is 7.82. The zero-order valence-electron chi connectivity index (χ0n) is 18.8. The molecule has 0 N–H and O–H groups in total. The summed E-state index contributed by atoms with van der Waals surface area (Å²) < 4.78 is 7.02. The SMILES string of the molecule is CCOc1ccc(-c2ccc(N3CCN(C(=O)c4cccc(-n5cnnn5)c4)CC3)nn2)cc1. The topological polar surface area (TPSA) is 102 Å². The van der Waals surface area contributed by atoms with Crippen LogP contribution >= 0.6 is 0 Å². The van der Waals surface area contributed by atoms with Crippen LogP contribution in [0.3, 0.4) is 0 Å². The van der Waals surface area contributed by atoms with Crippen molar-refractivity contribution in [2.45, 2.75) is 6.92 Å². The van der Waals surface area contributed by atoms with Crippen molar-refractivity contribution < 1.29 is 9.53 Å². The third-order valence-corrected chi connectivity index (χ3v) is 5.71. The molecule has 0 aliphatic carbocycles. The van der Waals surface area contributed by atoms with Gasteiger partial charge in [-0.2, -0.15) is 0 Å². The lowest BCUT2D eigenvalue weighted by atomic mass is 10.1. The molecule has 5 rings (SSSR count). The molecule has 0 bridgehead atoms. The first kappa shape index (κ1) is 21.5. The maximum absolute atomic E-state index is 13.0. The van der Waals surface area contributed by atoms with Crippen LogP contribution in [0.25, 0.3) is 16.9 Å². The highest BCUT2D eigenvalue weighted by Crippen LogP contribution is 2.22. The molecule has 0 saturated carbocycles. The number of nitrogens with zero attached hydrogens (tertiary/aromatic N) is 8. The molecule has 2 aromatic heterocycles. The van der Waals surface area contributed by atoms with Crippen LogP contribution in [0.2, 0.25) is 0 Å². The van der Waals surface area contributed by atoms with Crippen molar-refractivity contribution >= 4 is 11.7 Å². The summed E-state index contributed by atoms with van der Waals surface area (Å²) in [6.07, 6.45) is 1.50. The van der Waals surface area contributed by atoms with E-state index >= 15 is 0 Å². The van der Waals surface area contributed by atoms with Gasteiger partial charge in [-0.25, -0.2) is 4.68 Å². The Balaban J connectivity index is 1.20. The van der Waals surface area contributed by atoms with E-state index in [2.05, 4.69) is 30.6 Å². The summed E-state index contributed by atoms with van der Waals surface area (Å²) in [6.45, 7) is 5.20. The maximum Gasteiger partial charge on any atom is 0.254 e. The van der Waals surface area contributed by atoms with Gasteiger partial charge in [-0.15, -0.1) is 15.3 Å². The first-order valence-electron chi connectivity index (χ1n) is 11.2. The van der Waals surface area contributed by atoms with Gasteiger partial charge in [0.2, 0.25) is 0 Å². The summed E-state index contributed by atoms with van der Waals surface area (Å²) in [5.74, 6) is 1.64. The highest BCUT2D eigenvalue weighted by atomic mass is 16.5. The van der Waals surface area contributed by atoms with Crippen molar-refractivity contribution in [2.24, 2.45) is 0 Å². The fraction of sp³-hybridized carbons (Fsp3) is 0.250. The maximum atomic E-state index is 13.0. The van der Waals surface area contributed by atoms with Crippen LogP contribution in [-0.4, -0.2) is 74.0 Å². The average molecular weight is 457 g/mol. The van der Waals surface area contributed by atoms with Crippen molar-refractivity contribution in [3.05, 3.63) is 72.6 Å². The number of anilines is 1. The average Bonchev–Trinajstić information content (AvgIpc) is 3.45. The molecule has 1 fully saturated rings. The van der Waals surface area contributed by atoms with E-state index in [-0.39, 0.29) is 5.91 Å². The molecule has 1 saturated heterocycles. The van der Waals surface area contributed by atoms with Crippen molar-refractivity contribution in [3.8, 4) is 22.7 Å². The minimum absolute atomic E-state index is 0.00786. The van der Waals surface area contributed by atoms with Crippen molar-refractivity contribution in [1.29, 1.82) is 0 Å². The molecule has 10 nitrogen and oxygen atoms in total. The Morgan fingerprint density at radius 1 is 0.971 bits per heavy atom. The van der Waals surface area contributed by atoms with Crippen LogP contribution in [0.5, 0.6) is 5.75 Å².